The number of carbonyl (C=O) groups excluding carboxylic acids is 2. The van der Waals surface area contributed by atoms with Crippen molar-refractivity contribution in [3.05, 3.63) is 71.2 Å². The van der Waals surface area contributed by atoms with Crippen molar-refractivity contribution in [1.82, 2.24) is 4.90 Å². The third kappa shape index (κ3) is 5.03. The van der Waals surface area contributed by atoms with Gasteiger partial charge in [-0.25, -0.2) is 19.0 Å². The molecule has 33 heavy (non-hydrogen) atoms. The molecular formula is C24H25FN4O3S. The second-order valence-electron chi connectivity index (χ2n) is 7.59. The number of allylic oxidation sites excluding steroid dienone is 1. The maximum absolute atomic E-state index is 13.8. The van der Waals surface area contributed by atoms with Gasteiger partial charge in [-0.3, -0.25) is 0 Å². The molecule has 0 bridgehead atoms. The molecule has 2 N–H and O–H groups in total. The van der Waals surface area contributed by atoms with Gasteiger partial charge in [0.2, 0.25) is 0 Å². The van der Waals surface area contributed by atoms with Crippen LogP contribution in [0.3, 0.4) is 0 Å². The minimum absolute atomic E-state index is 0.0999. The third-order valence-corrected chi connectivity index (χ3v) is 6.44. The first-order valence-electron chi connectivity index (χ1n) is 10.8. The van der Waals surface area contributed by atoms with Crippen molar-refractivity contribution in [3.8, 4) is 0 Å². The number of benzene rings is 2. The zero-order valence-corrected chi connectivity index (χ0v) is 19.2. The minimum atomic E-state index is -0.546. The second-order valence-corrected chi connectivity index (χ2v) is 8.65. The van der Waals surface area contributed by atoms with Gasteiger partial charge in [0, 0.05) is 18.0 Å². The summed E-state index contributed by atoms with van der Waals surface area (Å²) in [6, 6.07) is 12.4. The Morgan fingerprint density at radius 3 is 2.67 bits per heavy atom. The number of amides is 2. The number of nitrogens with one attached hydrogen (secondary N) is 2. The molecule has 172 valence electrons. The first kappa shape index (κ1) is 22.8. The molecule has 0 radical (unpaired) electrons. The Morgan fingerprint density at radius 1 is 1.18 bits per heavy atom. The molecule has 2 aliphatic rings. The normalized spacial score (nSPS) is 17.7. The van der Waals surface area contributed by atoms with E-state index < -0.39 is 11.8 Å². The summed E-state index contributed by atoms with van der Waals surface area (Å²) in [5, 5.41) is 6.11. The van der Waals surface area contributed by atoms with Crippen LogP contribution in [0.15, 0.2) is 64.8 Å². The number of rotatable bonds is 5. The fourth-order valence-electron chi connectivity index (χ4n) is 3.88. The maximum atomic E-state index is 13.8. The van der Waals surface area contributed by atoms with Crippen molar-refractivity contribution in [2.75, 3.05) is 29.5 Å². The average molecular weight is 469 g/mol. The molecular weight excluding hydrogens is 443 g/mol. The highest BCUT2D eigenvalue weighted by Gasteiger charge is 2.37. The zero-order chi connectivity index (χ0) is 23.4. The van der Waals surface area contributed by atoms with Crippen molar-refractivity contribution < 1.29 is 18.7 Å². The molecule has 0 aromatic heterocycles. The lowest BCUT2D eigenvalue weighted by molar-refractivity contribution is -0.139. The number of ether oxygens (including phenoxy) is 1. The number of urea groups is 1. The number of aliphatic imine (C=N–C) groups is 1. The first-order chi connectivity index (χ1) is 16.0. The van der Waals surface area contributed by atoms with Crippen LogP contribution in [0, 0.1) is 5.82 Å². The van der Waals surface area contributed by atoms with Crippen molar-refractivity contribution in [1.29, 1.82) is 0 Å². The Labute approximate surface area is 196 Å². The van der Waals surface area contributed by atoms with E-state index in [4.69, 9.17) is 4.74 Å². The van der Waals surface area contributed by atoms with Crippen molar-refractivity contribution >= 4 is 40.3 Å². The number of fused-ring (bicyclic) bond motifs is 1. The first-order valence-corrected chi connectivity index (χ1v) is 11.7. The van der Waals surface area contributed by atoms with Crippen molar-refractivity contribution in [3.63, 3.8) is 0 Å². The summed E-state index contributed by atoms with van der Waals surface area (Å²) in [6.45, 7) is 4.69. The number of carbonyl (C=O) groups is 2. The summed E-state index contributed by atoms with van der Waals surface area (Å²) in [6.07, 6.45) is 0.991. The molecule has 9 heteroatoms. The average Bonchev–Trinajstić information content (AvgIpc) is 2.80. The molecule has 4 rings (SSSR count). The van der Waals surface area contributed by atoms with E-state index >= 15 is 0 Å². The number of amidine groups is 1. The number of thioether (sulfide) groups is 1. The molecule has 2 aromatic carbocycles. The van der Waals surface area contributed by atoms with E-state index in [-0.39, 0.29) is 24.3 Å². The number of hydrogen-bond donors (Lipinski definition) is 2. The van der Waals surface area contributed by atoms with Crippen LogP contribution in [0.25, 0.3) is 0 Å². The van der Waals surface area contributed by atoms with Crippen LogP contribution in [0.1, 0.15) is 31.9 Å². The van der Waals surface area contributed by atoms with Gasteiger partial charge < -0.3 is 20.3 Å². The molecule has 0 unspecified atom stereocenters. The fraction of sp³-hybridized carbons (Fsp3) is 0.292. The standard InChI is InChI=1S/C24H25FN4O3S/c1-3-32-22(30)20-15(2)26-24-29(13-6-14-33-24)21(20)16-9-11-17(12-10-16)27-23(31)28-19-8-5-4-7-18(19)25/h4-5,7-12,21H,3,6,13-14H2,1-2H3,(H2,27,28,31)/t21-/m0/s1. The topological polar surface area (TPSA) is 83.0 Å². The molecule has 0 spiro atoms. The largest absolute Gasteiger partial charge is 0.463 e. The number of esters is 1. The predicted molar refractivity (Wildman–Crippen MR) is 129 cm³/mol. The Balaban J connectivity index is 1.56. The third-order valence-electron chi connectivity index (χ3n) is 5.36. The van der Waals surface area contributed by atoms with Crippen molar-refractivity contribution in [2.24, 2.45) is 4.99 Å². The molecule has 0 saturated carbocycles. The molecule has 2 aliphatic heterocycles. The van der Waals surface area contributed by atoms with Crippen LogP contribution in [0.4, 0.5) is 20.6 Å². The molecule has 2 amide bonds. The Kier molecular flexibility index (Phi) is 6.98. The van der Waals surface area contributed by atoms with Gasteiger partial charge in [-0.1, -0.05) is 36.0 Å². The number of hydrogen-bond acceptors (Lipinski definition) is 6. The summed E-state index contributed by atoms with van der Waals surface area (Å²) in [4.78, 5) is 31.9. The quantitative estimate of drug-likeness (QED) is 0.593. The summed E-state index contributed by atoms with van der Waals surface area (Å²) in [7, 11) is 0. The smallest absolute Gasteiger partial charge is 0.338 e. The number of nitrogens with zero attached hydrogens (tertiary/aromatic N) is 2. The molecule has 2 heterocycles. The van der Waals surface area contributed by atoms with Gasteiger partial charge in [0.25, 0.3) is 0 Å². The number of halogens is 1. The number of anilines is 2. The van der Waals surface area contributed by atoms with E-state index in [0.29, 0.717) is 17.0 Å². The highest BCUT2D eigenvalue weighted by atomic mass is 32.2. The van der Waals surface area contributed by atoms with Crippen LogP contribution in [-0.4, -0.2) is 41.0 Å². The van der Waals surface area contributed by atoms with E-state index in [0.717, 1.165) is 29.4 Å². The Morgan fingerprint density at radius 2 is 1.94 bits per heavy atom. The predicted octanol–water partition coefficient (Wildman–Crippen LogP) is 5.16. The van der Waals surface area contributed by atoms with Crippen LogP contribution in [-0.2, 0) is 9.53 Å². The maximum Gasteiger partial charge on any atom is 0.338 e. The summed E-state index contributed by atoms with van der Waals surface area (Å²) < 4.78 is 19.1. The molecule has 1 saturated heterocycles. The van der Waals surface area contributed by atoms with Crippen molar-refractivity contribution in [2.45, 2.75) is 26.3 Å². The monoisotopic (exact) mass is 468 g/mol. The highest BCUT2D eigenvalue weighted by Crippen LogP contribution is 2.40. The van der Waals surface area contributed by atoms with E-state index in [1.54, 1.807) is 43.0 Å². The zero-order valence-electron chi connectivity index (χ0n) is 18.4. The lowest BCUT2D eigenvalue weighted by atomic mass is 9.94. The fourth-order valence-corrected chi connectivity index (χ4v) is 4.90. The molecule has 7 nitrogen and oxygen atoms in total. The van der Waals surface area contributed by atoms with E-state index in [2.05, 4.69) is 20.5 Å². The molecule has 1 atom stereocenters. The summed E-state index contributed by atoms with van der Waals surface area (Å²) >= 11 is 1.68. The van der Waals surface area contributed by atoms with Crippen LogP contribution >= 0.6 is 11.8 Å². The minimum Gasteiger partial charge on any atom is -0.463 e. The van der Waals surface area contributed by atoms with Crippen LogP contribution < -0.4 is 10.6 Å². The van der Waals surface area contributed by atoms with E-state index in [1.807, 2.05) is 19.1 Å². The van der Waals surface area contributed by atoms with Gasteiger partial charge in [0.05, 0.1) is 29.6 Å². The Hall–Kier alpha value is -3.33. The highest BCUT2D eigenvalue weighted by molar-refractivity contribution is 8.13. The van der Waals surface area contributed by atoms with Crippen LogP contribution in [0.5, 0.6) is 0 Å². The SMILES string of the molecule is CCOC(=O)C1=C(C)N=C2SCCCN2[C@H]1c1ccc(NC(=O)Nc2ccccc2F)cc1. The summed E-state index contributed by atoms with van der Waals surface area (Å²) in [5.74, 6) is 0.111. The van der Waals surface area contributed by atoms with Gasteiger partial charge in [-0.2, -0.15) is 0 Å². The molecule has 2 aromatic rings. The van der Waals surface area contributed by atoms with Crippen LogP contribution in [0.2, 0.25) is 0 Å². The van der Waals surface area contributed by atoms with E-state index in [1.165, 1.54) is 12.1 Å². The second kappa shape index (κ2) is 10.1. The molecule has 1 fully saturated rings. The Bertz CT molecular complexity index is 1120. The summed E-state index contributed by atoms with van der Waals surface area (Å²) in [5.41, 5.74) is 2.73. The lowest BCUT2D eigenvalue weighted by Gasteiger charge is -2.40. The lowest BCUT2D eigenvalue weighted by Crippen LogP contribution is -2.42. The van der Waals surface area contributed by atoms with Gasteiger partial charge >= 0.3 is 12.0 Å². The van der Waals surface area contributed by atoms with Gasteiger partial charge in [-0.05, 0) is 50.1 Å². The number of para-hydroxylation sites is 1. The molecule has 0 aliphatic carbocycles. The van der Waals surface area contributed by atoms with Gasteiger partial charge in [0.1, 0.15) is 5.82 Å². The van der Waals surface area contributed by atoms with E-state index in [9.17, 15) is 14.0 Å². The van der Waals surface area contributed by atoms with Gasteiger partial charge in [-0.15, -0.1) is 0 Å². The van der Waals surface area contributed by atoms with Gasteiger partial charge in [0.15, 0.2) is 5.17 Å².